The maximum atomic E-state index is 12.2. The van der Waals surface area contributed by atoms with Crippen LogP contribution >= 0.6 is 11.8 Å². The average molecular weight is 299 g/mol. The Balaban J connectivity index is 1.67. The van der Waals surface area contributed by atoms with E-state index in [2.05, 4.69) is 10.6 Å². The molecule has 2 fully saturated rings. The van der Waals surface area contributed by atoms with Gasteiger partial charge in [0.1, 0.15) is 0 Å². The molecule has 0 spiro atoms. The Bertz CT molecular complexity index is 337. The molecular formula is C14H25N3O2S. The van der Waals surface area contributed by atoms with Crippen LogP contribution in [0, 0.1) is 5.92 Å². The van der Waals surface area contributed by atoms with E-state index in [1.54, 1.807) is 18.8 Å². The Labute approximate surface area is 125 Å². The number of hydrogen-bond donors (Lipinski definition) is 2. The largest absolute Gasteiger partial charge is 0.359 e. The number of piperidine rings is 2. The Kier molecular flexibility index (Phi) is 6.16. The highest BCUT2D eigenvalue weighted by molar-refractivity contribution is 8.00. The average Bonchev–Trinajstić information content (AvgIpc) is 2.53. The normalized spacial score (nSPS) is 21.8. The van der Waals surface area contributed by atoms with Crippen LogP contribution in [-0.4, -0.2) is 60.9 Å². The topological polar surface area (TPSA) is 61.4 Å². The summed E-state index contributed by atoms with van der Waals surface area (Å²) in [6.07, 6.45) is 3.92. The smallest absolute Gasteiger partial charge is 0.232 e. The first-order valence-electron chi connectivity index (χ1n) is 7.52. The summed E-state index contributed by atoms with van der Waals surface area (Å²) in [5, 5.41) is 6.66. The highest BCUT2D eigenvalue weighted by Crippen LogP contribution is 2.22. The first-order chi connectivity index (χ1) is 9.70. The first-order valence-corrected chi connectivity index (χ1v) is 8.57. The third-order valence-electron chi connectivity index (χ3n) is 4.19. The molecule has 2 heterocycles. The van der Waals surface area contributed by atoms with Crippen molar-refractivity contribution < 1.29 is 9.59 Å². The van der Waals surface area contributed by atoms with Crippen LogP contribution < -0.4 is 10.6 Å². The van der Waals surface area contributed by atoms with Crippen molar-refractivity contribution in [2.75, 3.05) is 39.0 Å². The van der Waals surface area contributed by atoms with Gasteiger partial charge >= 0.3 is 0 Å². The zero-order valence-electron chi connectivity index (χ0n) is 12.2. The molecule has 0 radical (unpaired) electrons. The second-order valence-corrected chi connectivity index (χ2v) is 6.82. The van der Waals surface area contributed by atoms with Crippen LogP contribution in [0.25, 0.3) is 0 Å². The second kappa shape index (κ2) is 7.88. The molecule has 2 aliphatic rings. The van der Waals surface area contributed by atoms with Crippen LogP contribution in [0.15, 0.2) is 0 Å². The van der Waals surface area contributed by atoms with Gasteiger partial charge in [0.05, 0.1) is 5.75 Å². The molecule has 0 unspecified atom stereocenters. The molecule has 0 aromatic heterocycles. The molecule has 2 N–H and O–H groups in total. The van der Waals surface area contributed by atoms with Gasteiger partial charge in [-0.25, -0.2) is 0 Å². The van der Waals surface area contributed by atoms with E-state index in [-0.39, 0.29) is 17.7 Å². The third-order valence-corrected chi connectivity index (χ3v) is 5.55. The van der Waals surface area contributed by atoms with E-state index in [0.717, 1.165) is 51.9 Å². The molecule has 0 aromatic rings. The van der Waals surface area contributed by atoms with E-state index in [1.807, 2.05) is 4.90 Å². The third kappa shape index (κ3) is 4.38. The highest BCUT2D eigenvalue weighted by atomic mass is 32.2. The predicted molar refractivity (Wildman–Crippen MR) is 81.7 cm³/mol. The van der Waals surface area contributed by atoms with Crippen molar-refractivity contribution in [2.24, 2.45) is 5.92 Å². The SMILES string of the molecule is CNC(=O)C1CCN(C(=O)CSC2CCNCC2)CC1. The van der Waals surface area contributed by atoms with Gasteiger partial charge in [-0.3, -0.25) is 9.59 Å². The van der Waals surface area contributed by atoms with Crippen molar-refractivity contribution in [2.45, 2.75) is 30.9 Å². The van der Waals surface area contributed by atoms with Crippen LogP contribution in [0.5, 0.6) is 0 Å². The van der Waals surface area contributed by atoms with Crippen LogP contribution in [0.2, 0.25) is 0 Å². The van der Waals surface area contributed by atoms with E-state index >= 15 is 0 Å². The number of amides is 2. The molecule has 5 nitrogen and oxygen atoms in total. The summed E-state index contributed by atoms with van der Waals surface area (Å²) in [4.78, 5) is 25.7. The fourth-order valence-corrected chi connectivity index (χ4v) is 3.97. The van der Waals surface area contributed by atoms with Crippen LogP contribution in [-0.2, 0) is 9.59 Å². The summed E-state index contributed by atoms with van der Waals surface area (Å²) in [7, 11) is 1.68. The van der Waals surface area contributed by atoms with Gasteiger partial charge in [-0.2, -0.15) is 0 Å². The number of nitrogens with zero attached hydrogens (tertiary/aromatic N) is 1. The number of nitrogens with one attached hydrogen (secondary N) is 2. The summed E-state index contributed by atoms with van der Waals surface area (Å²) in [5.74, 6) is 1.03. The van der Waals surface area contributed by atoms with Gasteiger partial charge in [0.15, 0.2) is 0 Å². The van der Waals surface area contributed by atoms with Crippen LogP contribution in [0.1, 0.15) is 25.7 Å². The van der Waals surface area contributed by atoms with Crippen LogP contribution in [0.3, 0.4) is 0 Å². The molecule has 2 saturated heterocycles. The van der Waals surface area contributed by atoms with Gasteiger partial charge in [-0.15, -0.1) is 11.8 Å². The minimum atomic E-state index is 0.0844. The summed E-state index contributed by atoms with van der Waals surface area (Å²) < 4.78 is 0. The standard InChI is InChI=1S/C14H25N3O2S/c1-15-14(19)11-4-8-17(9-5-11)13(18)10-20-12-2-6-16-7-3-12/h11-12,16H,2-10H2,1H3,(H,15,19). The highest BCUT2D eigenvalue weighted by Gasteiger charge is 2.27. The monoisotopic (exact) mass is 299 g/mol. The van der Waals surface area contributed by atoms with Gasteiger partial charge < -0.3 is 15.5 Å². The molecule has 2 amide bonds. The lowest BCUT2D eigenvalue weighted by atomic mass is 9.96. The Hall–Kier alpha value is -0.750. The van der Waals surface area contributed by atoms with Crippen molar-refractivity contribution in [3.63, 3.8) is 0 Å². The fraction of sp³-hybridized carbons (Fsp3) is 0.857. The predicted octanol–water partition coefficient (Wildman–Crippen LogP) is 0.456. The second-order valence-electron chi connectivity index (χ2n) is 5.53. The Morgan fingerprint density at radius 1 is 1.20 bits per heavy atom. The Morgan fingerprint density at radius 3 is 2.45 bits per heavy atom. The minimum Gasteiger partial charge on any atom is -0.359 e. The first kappa shape index (κ1) is 15.6. The van der Waals surface area contributed by atoms with Crippen LogP contribution in [0.4, 0.5) is 0 Å². The summed E-state index contributed by atoms with van der Waals surface area (Å²) in [6.45, 7) is 3.60. The van der Waals surface area contributed by atoms with E-state index in [0.29, 0.717) is 11.0 Å². The quantitative estimate of drug-likeness (QED) is 0.791. The maximum Gasteiger partial charge on any atom is 0.232 e. The molecule has 0 aromatic carbocycles. The van der Waals surface area contributed by atoms with Gasteiger partial charge in [0, 0.05) is 31.3 Å². The molecule has 20 heavy (non-hydrogen) atoms. The summed E-state index contributed by atoms with van der Waals surface area (Å²) in [5.41, 5.74) is 0. The number of carbonyl (C=O) groups is 2. The van der Waals surface area contributed by atoms with E-state index in [9.17, 15) is 9.59 Å². The zero-order valence-corrected chi connectivity index (χ0v) is 13.0. The van der Waals surface area contributed by atoms with E-state index in [4.69, 9.17) is 0 Å². The molecule has 2 rings (SSSR count). The van der Waals surface area contributed by atoms with Gasteiger partial charge in [0.2, 0.25) is 11.8 Å². The molecule has 0 bridgehead atoms. The number of thioether (sulfide) groups is 1. The summed E-state index contributed by atoms with van der Waals surface area (Å²) >= 11 is 1.80. The lowest BCUT2D eigenvalue weighted by Gasteiger charge is -2.31. The van der Waals surface area contributed by atoms with Gasteiger partial charge in [-0.1, -0.05) is 0 Å². The zero-order chi connectivity index (χ0) is 14.4. The van der Waals surface area contributed by atoms with E-state index < -0.39 is 0 Å². The molecule has 0 atom stereocenters. The fourth-order valence-electron chi connectivity index (χ4n) is 2.84. The van der Waals surface area contributed by atoms with Gasteiger partial charge in [-0.05, 0) is 38.8 Å². The van der Waals surface area contributed by atoms with Crippen molar-refractivity contribution in [1.29, 1.82) is 0 Å². The lowest BCUT2D eigenvalue weighted by Crippen LogP contribution is -2.43. The number of likely N-dealkylation sites (tertiary alicyclic amines) is 1. The van der Waals surface area contributed by atoms with Crippen molar-refractivity contribution in [3.05, 3.63) is 0 Å². The van der Waals surface area contributed by atoms with Crippen molar-refractivity contribution >= 4 is 23.6 Å². The lowest BCUT2D eigenvalue weighted by molar-refractivity contribution is -0.133. The Morgan fingerprint density at radius 2 is 1.85 bits per heavy atom. The van der Waals surface area contributed by atoms with Crippen molar-refractivity contribution in [3.8, 4) is 0 Å². The van der Waals surface area contributed by atoms with Crippen molar-refractivity contribution in [1.82, 2.24) is 15.5 Å². The summed E-state index contributed by atoms with van der Waals surface area (Å²) in [6, 6.07) is 0. The number of hydrogen-bond acceptors (Lipinski definition) is 4. The molecular weight excluding hydrogens is 274 g/mol. The number of carbonyl (C=O) groups excluding carboxylic acids is 2. The molecule has 0 saturated carbocycles. The molecule has 114 valence electrons. The minimum absolute atomic E-state index is 0.0844. The maximum absolute atomic E-state index is 12.2. The number of rotatable bonds is 4. The van der Waals surface area contributed by atoms with Gasteiger partial charge in [0.25, 0.3) is 0 Å². The molecule has 6 heteroatoms. The van der Waals surface area contributed by atoms with E-state index in [1.165, 1.54) is 0 Å². The molecule has 0 aliphatic carbocycles. The molecule has 2 aliphatic heterocycles.